The van der Waals surface area contributed by atoms with Crippen LogP contribution in [0.4, 0.5) is 0 Å². The average molecular weight is 457 g/mol. The second-order valence-electron chi connectivity index (χ2n) is 8.84. The zero-order chi connectivity index (χ0) is 22.7. The quantitative estimate of drug-likeness (QED) is 0.656. The van der Waals surface area contributed by atoms with Crippen molar-refractivity contribution in [2.75, 3.05) is 20.2 Å². The van der Waals surface area contributed by atoms with Crippen molar-refractivity contribution in [3.63, 3.8) is 0 Å². The Morgan fingerprint density at radius 3 is 2.53 bits per heavy atom. The molecule has 2 aromatic carbocycles. The molecule has 0 spiro atoms. The van der Waals surface area contributed by atoms with Gasteiger partial charge in [-0.3, -0.25) is 4.79 Å². The molecule has 2 fully saturated rings. The van der Waals surface area contributed by atoms with E-state index in [4.69, 9.17) is 4.74 Å². The van der Waals surface area contributed by atoms with Crippen LogP contribution in [0.25, 0.3) is 0 Å². The molecule has 2 saturated heterocycles. The van der Waals surface area contributed by atoms with E-state index in [1.54, 1.807) is 35.7 Å². The van der Waals surface area contributed by atoms with Gasteiger partial charge in [0.05, 0.1) is 12.0 Å². The highest BCUT2D eigenvalue weighted by Gasteiger charge is 2.32. The molecule has 4 rings (SSSR count). The van der Waals surface area contributed by atoms with Crippen LogP contribution < -0.4 is 4.74 Å². The minimum atomic E-state index is -3.53. The number of sulfonamides is 1. The summed E-state index contributed by atoms with van der Waals surface area (Å²) in [6.45, 7) is 3.24. The van der Waals surface area contributed by atoms with Crippen molar-refractivity contribution in [1.29, 1.82) is 0 Å². The third kappa shape index (κ3) is 4.69. The monoisotopic (exact) mass is 456 g/mol. The highest BCUT2D eigenvalue weighted by atomic mass is 32.2. The summed E-state index contributed by atoms with van der Waals surface area (Å²) < 4.78 is 33.0. The molecular formula is C25H32N2O4S. The highest BCUT2D eigenvalue weighted by Crippen LogP contribution is 2.27. The van der Waals surface area contributed by atoms with Crippen LogP contribution in [0.3, 0.4) is 0 Å². The molecule has 0 aromatic heterocycles. The van der Waals surface area contributed by atoms with Crippen molar-refractivity contribution in [3.05, 3.63) is 59.7 Å². The molecular weight excluding hydrogens is 424 g/mol. The van der Waals surface area contributed by atoms with E-state index in [1.807, 2.05) is 30.0 Å². The molecule has 7 heteroatoms. The van der Waals surface area contributed by atoms with E-state index in [9.17, 15) is 13.2 Å². The van der Waals surface area contributed by atoms with E-state index in [0.29, 0.717) is 12.1 Å². The molecule has 2 aliphatic heterocycles. The van der Waals surface area contributed by atoms with Gasteiger partial charge in [0.25, 0.3) is 5.91 Å². The molecule has 0 bridgehead atoms. The summed E-state index contributed by atoms with van der Waals surface area (Å²) in [7, 11) is -1.88. The number of carbonyl (C=O) groups excluding carboxylic acids is 1. The minimum Gasteiger partial charge on any atom is -0.497 e. The molecule has 2 heterocycles. The molecule has 2 aliphatic rings. The van der Waals surface area contributed by atoms with Crippen LogP contribution in [0.1, 0.15) is 54.9 Å². The standard InChI is InChI=1S/C25H32N2O4S/c1-19-7-3-4-16-27(19)32(29,30)24-13-11-21(12-14-24)25(28)26-15-6-9-22(26)17-20-8-5-10-23(18-20)31-2/h5,8,10-14,18-19,22H,3-4,6-7,9,15-17H2,1-2H3. The first-order valence-electron chi connectivity index (χ1n) is 11.5. The van der Waals surface area contributed by atoms with Gasteiger partial charge in [-0.15, -0.1) is 0 Å². The lowest BCUT2D eigenvalue weighted by atomic mass is 10.0. The molecule has 6 nitrogen and oxygen atoms in total. The zero-order valence-corrected chi connectivity index (χ0v) is 19.7. The summed E-state index contributed by atoms with van der Waals surface area (Å²) in [5.41, 5.74) is 1.68. The maximum absolute atomic E-state index is 13.2. The number of benzene rings is 2. The normalized spacial score (nSPS) is 22.1. The summed E-state index contributed by atoms with van der Waals surface area (Å²) in [4.78, 5) is 15.4. The van der Waals surface area contributed by atoms with Gasteiger partial charge < -0.3 is 9.64 Å². The first-order chi connectivity index (χ1) is 15.4. The van der Waals surface area contributed by atoms with Crippen LogP contribution in [0.2, 0.25) is 0 Å². The Hall–Kier alpha value is -2.38. The van der Waals surface area contributed by atoms with Crippen LogP contribution in [0.5, 0.6) is 5.75 Å². The molecule has 2 aromatic rings. The van der Waals surface area contributed by atoms with Crippen LogP contribution in [0, 0.1) is 0 Å². The van der Waals surface area contributed by atoms with E-state index >= 15 is 0 Å². The van der Waals surface area contributed by atoms with Crippen LogP contribution in [-0.2, 0) is 16.4 Å². The summed E-state index contributed by atoms with van der Waals surface area (Å²) in [5, 5.41) is 0. The largest absolute Gasteiger partial charge is 0.497 e. The summed E-state index contributed by atoms with van der Waals surface area (Å²) in [6.07, 6.45) is 5.56. The van der Waals surface area contributed by atoms with Crippen molar-refractivity contribution in [1.82, 2.24) is 9.21 Å². The molecule has 2 unspecified atom stereocenters. The van der Waals surface area contributed by atoms with Crippen molar-refractivity contribution >= 4 is 15.9 Å². The number of carbonyl (C=O) groups is 1. The summed E-state index contributed by atoms with van der Waals surface area (Å²) in [6, 6.07) is 14.6. The fourth-order valence-corrected chi connectivity index (χ4v) is 6.59. The predicted octanol–water partition coefficient (Wildman–Crippen LogP) is 4.11. The van der Waals surface area contributed by atoms with E-state index in [1.165, 1.54) is 0 Å². The molecule has 0 radical (unpaired) electrons. The predicted molar refractivity (Wildman–Crippen MR) is 124 cm³/mol. The van der Waals surface area contributed by atoms with Gasteiger partial charge in [-0.1, -0.05) is 18.6 Å². The lowest BCUT2D eigenvalue weighted by Crippen LogP contribution is -2.41. The third-order valence-electron chi connectivity index (χ3n) is 6.69. The molecule has 172 valence electrons. The van der Waals surface area contributed by atoms with E-state index in [-0.39, 0.29) is 22.9 Å². The van der Waals surface area contributed by atoms with Gasteiger partial charge in [-0.2, -0.15) is 4.31 Å². The van der Waals surface area contributed by atoms with Crippen molar-refractivity contribution < 1.29 is 17.9 Å². The minimum absolute atomic E-state index is 0.0111. The maximum atomic E-state index is 13.2. The molecule has 2 atom stereocenters. The Morgan fingerprint density at radius 2 is 1.81 bits per heavy atom. The highest BCUT2D eigenvalue weighted by molar-refractivity contribution is 7.89. The van der Waals surface area contributed by atoms with Crippen LogP contribution >= 0.6 is 0 Å². The number of piperidine rings is 1. The smallest absolute Gasteiger partial charge is 0.254 e. The topological polar surface area (TPSA) is 66.9 Å². The molecule has 0 saturated carbocycles. The third-order valence-corrected chi connectivity index (χ3v) is 8.72. The number of ether oxygens (including phenoxy) is 1. The van der Waals surface area contributed by atoms with E-state index in [2.05, 4.69) is 6.07 Å². The number of hydrogen-bond donors (Lipinski definition) is 0. The van der Waals surface area contributed by atoms with Crippen molar-refractivity contribution in [2.45, 2.75) is 62.4 Å². The number of hydrogen-bond acceptors (Lipinski definition) is 4. The van der Waals surface area contributed by atoms with Gasteiger partial charge in [0, 0.05) is 30.7 Å². The van der Waals surface area contributed by atoms with Crippen molar-refractivity contribution in [3.8, 4) is 5.75 Å². The lowest BCUT2D eigenvalue weighted by Gasteiger charge is -2.32. The Morgan fingerprint density at radius 1 is 1.03 bits per heavy atom. The average Bonchev–Trinajstić information content (AvgIpc) is 3.27. The SMILES string of the molecule is COc1cccc(CC2CCCN2C(=O)c2ccc(S(=O)(=O)N3CCCCC3C)cc2)c1. The van der Waals surface area contributed by atoms with Crippen molar-refractivity contribution in [2.24, 2.45) is 0 Å². The Bertz CT molecular complexity index is 1050. The first kappa shape index (κ1) is 22.8. The number of amides is 1. The van der Waals surface area contributed by atoms with Crippen LogP contribution in [-0.4, -0.2) is 55.8 Å². The van der Waals surface area contributed by atoms with Gasteiger partial charge >= 0.3 is 0 Å². The maximum Gasteiger partial charge on any atom is 0.254 e. The van der Waals surface area contributed by atoms with Crippen LogP contribution in [0.15, 0.2) is 53.4 Å². The second-order valence-corrected chi connectivity index (χ2v) is 10.7. The van der Waals surface area contributed by atoms with Gasteiger partial charge in [-0.25, -0.2) is 8.42 Å². The van der Waals surface area contributed by atoms with Gasteiger partial charge in [0.15, 0.2) is 0 Å². The molecule has 1 amide bonds. The fraction of sp³-hybridized carbons (Fsp3) is 0.480. The Balaban J connectivity index is 1.48. The second kappa shape index (κ2) is 9.63. The zero-order valence-electron chi connectivity index (χ0n) is 18.9. The number of nitrogens with zero attached hydrogens (tertiary/aromatic N) is 2. The van der Waals surface area contributed by atoms with Gasteiger partial charge in [0.2, 0.25) is 10.0 Å². The van der Waals surface area contributed by atoms with Gasteiger partial charge in [0.1, 0.15) is 5.75 Å². The Labute approximate surface area is 191 Å². The number of likely N-dealkylation sites (tertiary alicyclic amines) is 1. The molecule has 0 aliphatic carbocycles. The molecule has 32 heavy (non-hydrogen) atoms. The summed E-state index contributed by atoms with van der Waals surface area (Å²) in [5.74, 6) is 0.781. The number of rotatable bonds is 6. The first-order valence-corrected chi connectivity index (χ1v) is 12.9. The number of methoxy groups -OCH3 is 1. The van der Waals surface area contributed by atoms with E-state index < -0.39 is 10.0 Å². The lowest BCUT2D eigenvalue weighted by molar-refractivity contribution is 0.0736. The summed E-state index contributed by atoms with van der Waals surface area (Å²) >= 11 is 0. The Kier molecular flexibility index (Phi) is 6.86. The van der Waals surface area contributed by atoms with Gasteiger partial charge in [-0.05, 0) is 81.0 Å². The molecule has 0 N–H and O–H groups in total. The fourth-order valence-electron chi connectivity index (χ4n) is 4.89. The van der Waals surface area contributed by atoms with E-state index in [0.717, 1.165) is 56.4 Å².